The van der Waals surface area contributed by atoms with Crippen LogP contribution in [0.5, 0.6) is 0 Å². The average molecular weight is 245 g/mol. The van der Waals surface area contributed by atoms with Gasteiger partial charge >= 0.3 is 0 Å². The minimum absolute atomic E-state index is 0. The number of hydrogen-bond acceptors (Lipinski definition) is 2. The highest BCUT2D eigenvalue weighted by molar-refractivity contribution is 5.85. The molecule has 0 spiro atoms. The molecule has 1 heterocycles. The molecule has 0 aromatic heterocycles. The Morgan fingerprint density at radius 1 is 1.38 bits per heavy atom. The van der Waals surface area contributed by atoms with Gasteiger partial charge in [0, 0.05) is 31.6 Å². The lowest BCUT2D eigenvalue weighted by Gasteiger charge is -2.34. The summed E-state index contributed by atoms with van der Waals surface area (Å²) in [6, 6.07) is 0.395. The lowest BCUT2D eigenvalue weighted by Crippen LogP contribution is -2.52. The lowest BCUT2D eigenvalue weighted by atomic mass is 10.1. The molecule has 1 N–H and O–H groups in total. The standard InChI is InChI=1S/C12H20N2O.ClH/c1-8-7-13-4-5-14(8)12(15)11-6-10(11)9-2-3-9;/h8-11,13H,2-7H2,1H3;1H/t8-,10?,11?;/m0./s1. The van der Waals surface area contributed by atoms with Crippen LogP contribution in [0.4, 0.5) is 0 Å². The second kappa shape index (κ2) is 4.53. The van der Waals surface area contributed by atoms with Gasteiger partial charge in [-0.15, -0.1) is 12.4 Å². The van der Waals surface area contributed by atoms with Crippen LogP contribution in [0.15, 0.2) is 0 Å². The largest absolute Gasteiger partial charge is 0.337 e. The predicted molar refractivity (Wildman–Crippen MR) is 65.6 cm³/mol. The Balaban J connectivity index is 0.000000963. The van der Waals surface area contributed by atoms with Gasteiger partial charge < -0.3 is 10.2 Å². The van der Waals surface area contributed by atoms with Crippen LogP contribution in [0.25, 0.3) is 0 Å². The van der Waals surface area contributed by atoms with Crippen LogP contribution in [0.1, 0.15) is 26.2 Å². The van der Waals surface area contributed by atoms with Crippen LogP contribution in [-0.2, 0) is 4.79 Å². The SMILES string of the molecule is C[C@H]1CNCCN1C(=O)C1CC1C1CC1.Cl. The van der Waals surface area contributed by atoms with Crippen molar-refractivity contribution in [3.63, 3.8) is 0 Å². The van der Waals surface area contributed by atoms with E-state index in [1.807, 2.05) is 0 Å². The summed E-state index contributed by atoms with van der Waals surface area (Å²) in [5, 5.41) is 3.33. The highest BCUT2D eigenvalue weighted by atomic mass is 35.5. The van der Waals surface area contributed by atoms with E-state index in [2.05, 4.69) is 17.1 Å². The van der Waals surface area contributed by atoms with Gasteiger partial charge in [-0.2, -0.15) is 0 Å². The Kier molecular flexibility index (Phi) is 3.45. The average Bonchev–Trinajstić information content (AvgIpc) is 3.08. The van der Waals surface area contributed by atoms with Gasteiger partial charge in [0.2, 0.25) is 5.91 Å². The molecular formula is C12H21ClN2O. The molecule has 16 heavy (non-hydrogen) atoms. The molecule has 2 aliphatic carbocycles. The van der Waals surface area contributed by atoms with Gasteiger partial charge in [-0.05, 0) is 38.0 Å². The maximum atomic E-state index is 12.2. The second-order valence-electron chi connectivity index (χ2n) is 5.43. The van der Waals surface area contributed by atoms with Gasteiger partial charge in [-0.25, -0.2) is 0 Å². The summed E-state index contributed by atoms with van der Waals surface area (Å²) in [5.41, 5.74) is 0. The van der Waals surface area contributed by atoms with Crippen molar-refractivity contribution in [1.82, 2.24) is 10.2 Å². The molecule has 2 unspecified atom stereocenters. The summed E-state index contributed by atoms with van der Waals surface area (Å²) < 4.78 is 0. The molecule has 1 amide bonds. The maximum Gasteiger partial charge on any atom is 0.226 e. The van der Waals surface area contributed by atoms with Crippen molar-refractivity contribution in [1.29, 1.82) is 0 Å². The van der Waals surface area contributed by atoms with Crippen molar-refractivity contribution < 1.29 is 4.79 Å². The monoisotopic (exact) mass is 244 g/mol. The molecule has 4 heteroatoms. The van der Waals surface area contributed by atoms with E-state index in [9.17, 15) is 4.79 Å². The molecular weight excluding hydrogens is 224 g/mol. The van der Waals surface area contributed by atoms with Crippen molar-refractivity contribution in [2.45, 2.75) is 32.2 Å². The molecule has 0 bridgehead atoms. The summed E-state index contributed by atoms with van der Waals surface area (Å²) in [4.78, 5) is 14.3. The third kappa shape index (κ3) is 2.21. The first kappa shape index (κ1) is 12.2. The van der Waals surface area contributed by atoms with Crippen LogP contribution in [0, 0.1) is 17.8 Å². The molecule has 0 aromatic rings. The third-order valence-corrected chi connectivity index (χ3v) is 4.17. The minimum atomic E-state index is 0. The Hall–Kier alpha value is -0.280. The number of amides is 1. The molecule has 3 rings (SSSR count). The first-order chi connectivity index (χ1) is 7.27. The number of carbonyl (C=O) groups excluding carboxylic acids is 1. The van der Waals surface area contributed by atoms with Crippen molar-refractivity contribution in [2.75, 3.05) is 19.6 Å². The normalized spacial score (nSPS) is 37.8. The highest BCUT2D eigenvalue weighted by Gasteiger charge is 2.52. The number of rotatable bonds is 2. The Labute approximate surface area is 103 Å². The fourth-order valence-corrected chi connectivity index (χ4v) is 2.93. The number of hydrogen-bond donors (Lipinski definition) is 1. The first-order valence-corrected chi connectivity index (χ1v) is 6.28. The van der Waals surface area contributed by atoms with Crippen LogP contribution >= 0.6 is 12.4 Å². The van der Waals surface area contributed by atoms with Crippen LogP contribution in [-0.4, -0.2) is 36.5 Å². The zero-order chi connectivity index (χ0) is 10.4. The third-order valence-electron chi connectivity index (χ3n) is 4.17. The zero-order valence-corrected chi connectivity index (χ0v) is 10.6. The molecule has 3 nitrogen and oxygen atoms in total. The summed E-state index contributed by atoms with van der Waals surface area (Å²) in [6.45, 7) is 5.00. The van der Waals surface area contributed by atoms with Gasteiger partial charge in [0.15, 0.2) is 0 Å². The number of nitrogens with zero attached hydrogens (tertiary/aromatic N) is 1. The van der Waals surface area contributed by atoms with E-state index >= 15 is 0 Å². The number of halogens is 1. The summed E-state index contributed by atoms with van der Waals surface area (Å²) >= 11 is 0. The molecule has 0 radical (unpaired) electrons. The van der Waals surface area contributed by atoms with Crippen molar-refractivity contribution in [3.8, 4) is 0 Å². The van der Waals surface area contributed by atoms with Crippen LogP contribution in [0.3, 0.4) is 0 Å². The van der Waals surface area contributed by atoms with Gasteiger partial charge in [0.05, 0.1) is 0 Å². The molecule has 3 fully saturated rings. The molecule has 2 saturated carbocycles. The van der Waals surface area contributed by atoms with E-state index in [0.29, 0.717) is 17.9 Å². The van der Waals surface area contributed by atoms with Gasteiger partial charge in [0.1, 0.15) is 0 Å². The van der Waals surface area contributed by atoms with E-state index in [4.69, 9.17) is 0 Å². The topological polar surface area (TPSA) is 32.3 Å². The Bertz CT molecular complexity index is 280. The molecule has 92 valence electrons. The number of nitrogens with one attached hydrogen (secondary N) is 1. The Morgan fingerprint density at radius 2 is 2.12 bits per heavy atom. The van der Waals surface area contributed by atoms with E-state index in [-0.39, 0.29) is 12.4 Å². The van der Waals surface area contributed by atoms with E-state index in [0.717, 1.165) is 31.5 Å². The van der Waals surface area contributed by atoms with Gasteiger partial charge in [0.25, 0.3) is 0 Å². The summed E-state index contributed by atoms with van der Waals surface area (Å²) in [6.07, 6.45) is 3.94. The lowest BCUT2D eigenvalue weighted by molar-refractivity contribution is -0.135. The smallest absolute Gasteiger partial charge is 0.226 e. The first-order valence-electron chi connectivity index (χ1n) is 6.28. The fraction of sp³-hybridized carbons (Fsp3) is 0.917. The van der Waals surface area contributed by atoms with Crippen molar-refractivity contribution in [3.05, 3.63) is 0 Å². The second-order valence-corrected chi connectivity index (χ2v) is 5.43. The minimum Gasteiger partial charge on any atom is -0.337 e. The maximum absolute atomic E-state index is 12.2. The highest BCUT2D eigenvalue weighted by Crippen LogP contribution is 2.55. The molecule has 3 aliphatic rings. The van der Waals surface area contributed by atoms with Crippen molar-refractivity contribution >= 4 is 18.3 Å². The van der Waals surface area contributed by atoms with E-state index in [1.165, 1.54) is 19.3 Å². The summed E-state index contributed by atoms with van der Waals surface area (Å²) in [5.74, 6) is 2.52. The molecule has 1 aliphatic heterocycles. The molecule has 3 atom stereocenters. The number of carbonyl (C=O) groups is 1. The van der Waals surface area contributed by atoms with Crippen LogP contribution < -0.4 is 5.32 Å². The fourth-order valence-electron chi connectivity index (χ4n) is 2.93. The van der Waals surface area contributed by atoms with Gasteiger partial charge in [-0.1, -0.05) is 0 Å². The summed E-state index contributed by atoms with van der Waals surface area (Å²) in [7, 11) is 0. The molecule has 0 aromatic carbocycles. The number of piperazine rings is 1. The molecule has 1 saturated heterocycles. The van der Waals surface area contributed by atoms with E-state index in [1.54, 1.807) is 0 Å². The van der Waals surface area contributed by atoms with E-state index < -0.39 is 0 Å². The zero-order valence-electron chi connectivity index (χ0n) is 9.82. The quantitative estimate of drug-likeness (QED) is 0.794. The van der Waals surface area contributed by atoms with Gasteiger partial charge in [-0.3, -0.25) is 4.79 Å². The van der Waals surface area contributed by atoms with Crippen LogP contribution in [0.2, 0.25) is 0 Å². The van der Waals surface area contributed by atoms with Crippen molar-refractivity contribution in [2.24, 2.45) is 17.8 Å². The predicted octanol–water partition coefficient (Wildman–Crippen LogP) is 1.27. The Morgan fingerprint density at radius 3 is 2.75 bits per heavy atom.